The third kappa shape index (κ3) is 2.39. The molecule has 2 N–H and O–H groups in total. The minimum Gasteiger partial charge on any atom is -0.490 e. The van der Waals surface area contributed by atoms with Crippen LogP contribution < -0.4 is 10.5 Å². The number of ether oxygens (including phenoxy) is 1. The predicted molar refractivity (Wildman–Crippen MR) is 73.7 cm³/mol. The molecule has 0 amide bonds. The van der Waals surface area contributed by atoms with Gasteiger partial charge in [0.25, 0.3) is 0 Å². The highest BCUT2D eigenvalue weighted by molar-refractivity contribution is 5.33. The molecule has 0 spiro atoms. The monoisotopic (exact) mass is 245 g/mol. The number of nitrogens with two attached hydrogens (primary N) is 1. The second-order valence-corrected chi connectivity index (χ2v) is 5.92. The van der Waals surface area contributed by atoms with Crippen molar-refractivity contribution >= 4 is 0 Å². The molecule has 0 aromatic heterocycles. The molecular weight excluding hydrogens is 222 g/mol. The first-order valence-electron chi connectivity index (χ1n) is 7.32. The molecule has 0 atom stereocenters. The van der Waals surface area contributed by atoms with Crippen LogP contribution in [0.25, 0.3) is 0 Å². The first kappa shape index (κ1) is 12.0. The van der Waals surface area contributed by atoms with E-state index in [1.165, 1.54) is 44.1 Å². The van der Waals surface area contributed by atoms with Gasteiger partial charge in [0, 0.05) is 5.54 Å². The molecule has 0 saturated heterocycles. The molecule has 2 saturated carbocycles. The quantitative estimate of drug-likeness (QED) is 0.880. The van der Waals surface area contributed by atoms with Crippen LogP contribution in [0, 0.1) is 0 Å². The van der Waals surface area contributed by atoms with E-state index in [2.05, 4.69) is 24.3 Å². The standard InChI is InChI=1S/C16H23NO/c17-16(10-2-1-3-11-16)13-6-4-9-15(12-13)18-14-7-5-8-14/h4,6,9,12,14H,1-3,5,7-8,10-11,17H2. The van der Waals surface area contributed by atoms with E-state index in [0.29, 0.717) is 6.10 Å². The van der Waals surface area contributed by atoms with Crippen molar-refractivity contribution in [2.75, 3.05) is 0 Å². The van der Waals surface area contributed by atoms with E-state index < -0.39 is 0 Å². The molecule has 2 heteroatoms. The van der Waals surface area contributed by atoms with Crippen LogP contribution >= 0.6 is 0 Å². The Labute approximate surface area is 110 Å². The van der Waals surface area contributed by atoms with Crippen LogP contribution in [0.2, 0.25) is 0 Å². The number of benzene rings is 1. The van der Waals surface area contributed by atoms with Gasteiger partial charge in [-0.15, -0.1) is 0 Å². The fourth-order valence-corrected chi connectivity index (χ4v) is 3.03. The molecule has 0 radical (unpaired) electrons. The molecule has 0 heterocycles. The first-order chi connectivity index (χ1) is 8.76. The molecule has 2 aliphatic rings. The van der Waals surface area contributed by atoms with Gasteiger partial charge >= 0.3 is 0 Å². The zero-order chi connectivity index (χ0) is 12.4. The van der Waals surface area contributed by atoms with Crippen LogP contribution in [0.15, 0.2) is 24.3 Å². The zero-order valence-corrected chi connectivity index (χ0v) is 11.0. The van der Waals surface area contributed by atoms with E-state index in [1.807, 2.05) is 0 Å². The van der Waals surface area contributed by atoms with Crippen molar-refractivity contribution in [2.24, 2.45) is 5.73 Å². The maximum atomic E-state index is 6.57. The van der Waals surface area contributed by atoms with Crippen molar-refractivity contribution in [3.63, 3.8) is 0 Å². The summed E-state index contributed by atoms with van der Waals surface area (Å²) in [5.41, 5.74) is 7.72. The van der Waals surface area contributed by atoms with Crippen molar-refractivity contribution in [2.45, 2.75) is 63.0 Å². The molecule has 2 fully saturated rings. The molecule has 3 rings (SSSR count). The van der Waals surface area contributed by atoms with Crippen molar-refractivity contribution in [3.05, 3.63) is 29.8 Å². The van der Waals surface area contributed by atoms with Crippen LogP contribution in [-0.2, 0) is 5.54 Å². The van der Waals surface area contributed by atoms with Gasteiger partial charge in [-0.25, -0.2) is 0 Å². The number of hydrogen-bond acceptors (Lipinski definition) is 2. The first-order valence-corrected chi connectivity index (χ1v) is 7.32. The number of rotatable bonds is 3. The maximum absolute atomic E-state index is 6.57. The maximum Gasteiger partial charge on any atom is 0.120 e. The Morgan fingerprint density at radius 1 is 1.06 bits per heavy atom. The lowest BCUT2D eigenvalue weighted by Gasteiger charge is -2.34. The van der Waals surface area contributed by atoms with E-state index in [0.717, 1.165) is 18.6 Å². The fraction of sp³-hybridized carbons (Fsp3) is 0.625. The van der Waals surface area contributed by atoms with Crippen molar-refractivity contribution in [3.8, 4) is 5.75 Å². The van der Waals surface area contributed by atoms with E-state index in [9.17, 15) is 0 Å². The summed E-state index contributed by atoms with van der Waals surface area (Å²) < 4.78 is 5.97. The average molecular weight is 245 g/mol. The van der Waals surface area contributed by atoms with Crippen LogP contribution in [0.3, 0.4) is 0 Å². The summed E-state index contributed by atoms with van der Waals surface area (Å²) >= 11 is 0. The van der Waals surface area contributed by atoms with Gasteiger partial charge in [-0.1, -0.05) is 31.4 Å². The highest BCUT2D eigenvalue weighted by Crippen LogP contribution is 2.36. The van der Waals surface area contributed by atoms with Gasteiger partial charge in [0.15, 0.2) is 0 Å². The lowest BCUT2D eigenvalue weighted by atomic mass is 9.77. The Bertz CT molecular complexity index is 405. The second kappa shape index (κ2) is 4.93. The molecule has 98 valence electrons. The topological polar surface area (TPSA) is 35.2 Å². The molecule has 0 aliphatic heterocycles. The lowest BCUT2D eigenvalue weighted by molar-refractivity contribution is 0.120. The summed E-state index contributed by atoms with van der Waals surface area (Å²) in [5, 5.41) is 0. The SMILES string of the molecule is NC1(c2cccc(OC3CCC3)c2)CCCCC1. The van der Waals surface area contributed by atoms with Crippen LogP contribution in [0.1, 0.15) is 56.9 Å². The summed E-state index contributed by atoms with van der Waals surface area (Å²) in [6.07, 6.45) is 10.2. The van der Waals surface area contributed by atoms with Crippen LogP contribution in [-0.4, -0.2) is 6.10 Å². The summed E-state index contributed by atoms with van der Waals surface area (Å²) in [6.45, 7) is 0. The predicted octanol–water partition coefficient (Wildman–Crippen LogP) is 3.74. The van der Waals surface area contributed by atoms with Gasteiger partial charge < -0.3 is 10.5 Å². The average Bonchev–Trinajstić information content (AvgIpc) is 2.35. The highest BCUT2D eigenvalue weighted by Gasteiger charge is 2.29. The molecule has 2 aliphatic carbocycles. The normalized spacial score (nSPS) is 23.4. The molecule has 0 unspecified atom stereocenters. The van der Waals surface area contributed by atoms with E-state index in [-0.39, 0.29) is 5.54 Å². The largest absolute Gasteiger partial charge is 0.490 e. The molecule has 2 nitrogen and oxygen atoms in total. The van der Waals surface area contributed by atoms with E-state index >= 15 is 0 Å². The highest BCUT2D eigenvalue weighted by atomic mass is 16.5. The summed E-state index contributed by atoms with van der Waals surface area (Å²) in [6, 6.07) is 8.49. The second-order valence-electron chi connectivity index (χ2n) is 5.92. The van der Waals surface area contributed by atoms with E-state index in [1.54, 1.807) is 0 Å². The molecule has 1 aromatic rings. The molecule has 0 bridgehead atoms. The molecular formula is C16H23NO. The summed E-state index contributed by atoms with van der Waals surface area (Å²) in [7, 11) is 0. The van der Waals surface area contributed by atoms with Crippen molar-refractivity contribution in [1.82, 2.24) is 0 Å². The van der Waals surface area contributed by atoms with Gasteiger partial charge in [0.1, 0.15) is 5.75 Å². The third-order valence-electron chi connectivity index (χ3n) is 4.51. The smallest absolute Gasteiger partial charge is 0.120 e. The fourth-order valence-electron chi connectivity index (χ4n) is 3.03. The Kier molecular flexibility index (Phi) is 3.29. The van der Waals surface area contributed by atoms with Gasteiger partial charge in [-0.2, -0.15) is 0 Å². The Morgan fingerprint density at radius 3 is 2.50 bits per heavy atom. The summed E-state index contributed by atoms with van der Waals surface area (Å²) in [4.78, 5) is 0. The lowest BCUT2D eigenvalue weighted by Crippen LogP contribution is -2.38. The minimum atomic E-state index is -0.114. The molecule has 1 aromatic carbocycles. The summed E-state index contributed by atoms with van der Waals surface area (Å²) in [5.74, 6) is 1.01. The Balaban J connectivity index is 1.76. The van der Waals surface area contributed by atoms with E-state index in [4.69, 9.17) is 10.5 Å². The minimum absolute atomic E-state index is 0.114. The Hall–Kier alpha value is -1.02. The van der Waals surface area contributed by atoms with Gasteiger partial charge in [0.05, 0.1) is 6.10 Å². The van der Waals surface area contributed by atoms with Gasteiger partial charge in [0.2, 0.25) is 0 Å². The van der Waals surface area contributed by atoms with Crippen LogP contribution in [0.4, 0.5) is 0 Å². The zero-order valence-electron chi connectivity index (χ0n) is 11.0. The molecule has 18 heavy (non-hydrogen) atoms. The van der Waals surface area contributed by atoms with Crippen molar-refractivity contribution < 1.29 is 4.74 Å². The third-order valence-corrected chi connectivity index (χ3v) is 4.51. The van der Waals surface area contributed by atoms with Crippen molar-refractivity contribution in [1.29, 1.82) is 0 Å². The Morgan fingerprint density at radius 2 is 1.83 bits per heavy atom. The van der Waals surface area contributed by atoms with Crippen LogP contribution in [0.5, 0.6) is 5.75 Å². The number of hydrogen-bond donors (Lipinski definition) is 1. The van der Waals surface area contributed by atoms with Gasteiger partial charge in [-0.3, -0.25) is 0 Å². The van der Waals surface area contributed by atoms with Gasteiger partial charge in [-0.05, 0) is 49.8 Å².